The standard InChI is InChI=1S/C14H13N3O2/c1-10-2-4-11(5-3-10)9-16-12-6-7-13(15)14(8-12)17(18)19/h2-9H,15H2,1H3. The molecule has 0 saturated heterocycles. The van der Waals surface area contributed by atoms with E-state index in [4.69, 9.17) is 5.73 Å². The maximum Gasteiger partial charge on any atom is 0.294 e. The van der Waals surface area contributed by atoms with E-state index in [0.717, 1.165) is 5.56 Å². The van der Waals surface area contributed by atoms with Crippen LogP contribution in [0.1, 0.15) is 11.1 Å². The van der Waals surface area contributed by atoms with Crippen LogP contribution in [-0.2, 0) is 0 Å². The van der Waals surface area contributed by atoms with Gasteiger partial charge >= 0.3 is 0 Å². The normalized spacial score (nSPS) is 10.8. The highest BCUT2D eigenvalue weighted by atomic mass is 16.6. The number of nitrogens with two attached hydrogens (primary N) is 1. The van der Waals surface area contributed by atoms with Crippen LogP contribution in [0.3, 0.4) is 0 Å². The number of nitrogen functional groups attached to an aromatic ring is 1. The number of nitro groups is 1. The second-order valence-corrected chi connectivity index (χ2v) is 4.17. The van der Waals surface area contributed by atoms with Crippen molar-refractivity contribution in [2.75, 3.05) is 5.73 Å². The van der Waals surface area contributed by atoms with Gasteiger partial charge < -0.3 is 5.73 Å². The van der Waals surface area contributed by atoms with Gasteiger partial charge in [-0.05, 0) is 24.6 Å². The molecule has 2 aromatic carbocycles. The molecule has 0 aliphatic heterocycles. The SMILES string of the molecule is Cc1ccc(C=Nc2ccc(N)c([N+](=O)[O-])c2)cc1. The van der Waals surface area contributed by atoms with Gasteiger partial charge in [-0.25, -0.2) is 0 Å². The summed E-state index contributed by atoms with van der Waals surface area (Å²) in [6, 6.07) is 12.3. The lowest BCUT2D eigenvalue weighted by Crippen LogP contribution is -1.94. The number of hydrogen-bond acceptors (Lipinski definition) is 4. The van der Waals surface area contributed by atoms with Crippen molar-refractivity contribution in [3.05, 3.63) is 63.7 Å². The molecule has 2 aromatic rings. The Labute approximate surface area is 110 Å². The van der Waals surface area contributed by atoms with Crippen molar-refractivity contribution in [1.29, 1.82) is 0 Å². The third kappa shape index (κ3) is 3.16. The number of nitrogens with zero attached hydrogens (tertiary/aromatic N) is 2. The quantitative estimate of drug-likeness (QED) is 0.395. The van der Waals surface area contributed by atoms with E-state index >= 15 is 0 Å². The Balaban J connectivity index is 2.26. The molecular formula is C14H13N3O2. The highest BCUT2D eigenvalue weighted by molar-refractivity contribution is 5.82. The van der Waals surface area contributed by atoms with Crippen molar-refractivity contribution in [3.8, 4) is 0 Å². The summed E-state index contributed by atoms with van der Waals surface area (Å²) in [4.78, 5) is 14.5. The molecule has 5 nitrogen and oxygen atoms in total. The number of benzene rings is 2. The number of nitro benzene ring substituents is 1. The summed E-state index contributed by atoms with van der Waals surface area (Å²) in [5, 5.41) is 10.8. The smallest absolute Gasteiger partial charge is 0.294 e. The van der Waals surface area contributed by atoms with Crippen LogP contribution in [0.5, 0.6) is 0 Å². The van der Waals surface area contributed by atoms with Gasteiger partial charge in [0.1, 0.15) is 5.69 Å². The monoisotopic (exact) mass is 255 g/mol. The Morgan fingerprint density at radius 3 is 2.53 bits per heavy atom. The lowest BCUT2D eigenvalue weighted by Gasteiger charge is -1.98. The first kappa shape index (κ1) is 12.8. The lowest BCUT2D eigenvalue weighted by atomic mass is 10.2. The first-order valence-electron chi connectivity index (χ1n) is 5.71. The first-order chi connectivity index (χ1) is 9.06. The van der Waals surface area contributed by atoms with Gasteiger partial charge in [0.15, 0.2) is 0 Å². The molecule has 0 spiro atoms. The Morgan fingerprint density at radius 2 is 1.89 bits per heavy atom. The van der Waals surface area contributed by atoms with E-state index in [2.05, 4.69) is 4.99 Å². The minimum atomic E-state index is -0.514. The van der Waals surface area contributed by atoms with E-state index < -0.39 is 4.92 Å². The number of hydrogen-bond donors (Lipinski definition) is 1. The van der Waals surface area contributed by atoms with Crippen LogP contribution < -0.4 is 5.73 Å². The topological polar surface area (TPSA) is 81.5 Å². The zero-order chi connectivity index (χ0) is 13.8. The van der Waals surface area contributed by atoms with Crippen LogP contribution in [0, 0.1) is 17.0 Å². The van der Waals surface area contributed by atoms with Crippen LogP contribution in [0.25, 0.3) is 0 Å². The molecule has 0 heterocycles. The summed E-state index contributed by atoms with van der Waals surface area (Å²) < 4.78 is 0. The van der Waals surface area contributed by atoms with E-state index in [0.29, 0.717) is 5.69 Å². The van der Waals surface area contributed by atoms with Crippen LogP contribution in [0.4, 0.5) is 17.1 Å². The molecule has 0 aliphatic rings. The van der Waals surface area contributed by atoms with Gasteiger partial charge in [-0.1, -0.05) is 29.8 Å². The maximum absolute atomic E-state index is 10.8. The average molecular weight is 255 g/mol. The largest absolute Gasteiger partial charge is 0.393 e. The van der Waals surface area contributed by atoms with Gasteiger partial charge in [0, 0.05) is 12.3 Å². The van der Waals surface area contributed by atoms with Gasteiger partial charge in [-0.3, -0.25) is 15.1 Å². The summed E-state index contributed by atoms with van der Waals surface area (Å²) in [6.07, 6.45) is 1.66. The van der Waals surface area contributed by atoms with E-state index in [1.165, 1.54) is 17.7 Å². The van der Waals surface area contributed by atoms with Crippen LogP contribution in [0.2, 0.25) is 0 Å². The molecule has 0 aromatic heterocycles. The molecule has 0 amide bonds. The molecule has 0 saturated carbocycles. The minimum Gasteiger partial charge on any atom is -0.393 e. The fraction of sp³-hybridized carbons (Fsp3) is 0.0714. The molecule has 96 valence electrons. The fourth-order valence-electron chi connectivity index (χ4n) is 1.57. The van der Waals surface area contributed by atoms with E-state index in [1.807, 2.05) is 31.2 Å². The molecule has 5 heteroatoms. The number of aliphatic imine (C=N–C) groups is 1. The van der Waals surface area contributed by atoms with Crippen LogP contribution in [0.15, 0.2) is 47.5 Å². The molecular weight excluding hydrogens is 242 g/mol. The summed E-state index contributed by atoms with van der Waals surface area (Å²) in [5.41, 5.74) is 8.14. The van der Waals surface area contributed by atoms with E-state index in [-0.39, 0.29) is 11.4 Å². The zero-order valence-corrected chi connectivity index (χ0v) is 10.4. The molecule has 0 aliphatic carbocycles. The van der Waals surface area contributed by atoms with Crippen molar-refractivity contribution in [2.24, 2.45) is 4.99 Å². The van der Waals surface area contributed by atoms with E-state index in [9.17, 15) is 10.1 Å². The van der Waals surface area contributed by atoms with Gasteiger partial charge in [0.25, 0.3) is 5.69 Å². The van der Waals surface area contributed by atoms with Crippen molar-refractivity contribution < 1.29 is 4.92 Å². The third-order valence-corrected chi connectivity index (χ3v) is 2.65. The molecule has 0 fully saturated rings. The second-order valence-electron chi connectivity index (χ2n) is 4.17. The maximum atomic E-state index is 10.8. The van der Waals surface area contributed by atoms with Crippen molar-refractivity contribution in [1.82, 2.24) is 0 Å². The molecule has 0 atom stereocenters. The van der Waals surface area contributed by atoms with Crippen molar-refractivity contribution >= 4 is 23.3 Å². The number of anilines is 1. The zero-order valence-electron chi connectivity index (χ0n) is 10.4. The predicted octanol–water partition coefficient (Wildman–Crippen LogP) is 3.24. The predicted molar refractivity (Wildman–Crippen MR) is 75.9 cm³/mol. The lowest BCUT2D eigenvalue weighted by molar-refractivity contribution is -0.383. The number of aryl methyl sites for hydroxylation is 1. The third-order valence-electron chi connectivity index (χ3n) is 2.65. The Kier molecular flexibility index (Phi) is 3.56. The van der Waals surface area contributed by atoms with Crippen molar-refractivity contribution in [2.45, 2.75) is 6.92 Å². The Hall–Kier alpha value is -2.69. The minimum absolute atomic E-state index is 0.126. The Bertz CT molecular complexity index is 634. The first-order valence-corrected chi connectivity index (χ1v) is 5.71. The molecule has 2 rings (SSSR count). The molecule has 0 unspecified atom stereocenters. The highest BCUT2D eigenvalue weighted by Gasteiger charge is 2.11. The average Bonchev–Trinajstić information content (AvgIpc) is 2.39. The van der Waals surface area contributed by atoms with Crippen molar-refractivity contribution in [3.63, 3.8) is 0 Å². The summed E-state index contributed by atoms with van der Waals surface area (Å²) in [5.74, 6) is 0. The summed E-state index contributed by atoms with van der Waals surface area (Å²) in [7, 11) is 0. The van der Waals surface area contributed by atoms with Gasteiger partial charge in [-0.2, -0.15) is 0 Å². The van der Waals surface area contributed by atoms with Crippen LogP contribution in [-0.4, -0.2) is 11.1 Å². The van der Waals surface area contributed by atoms with E-state index in [1.54, 1.807) is 12.3 Å². The Morgan fingerprint density at radius 1 is 1.21 bits per heavy atom. The molecule has 0 radical (unpaired) electrons. The summed E-state index contributed by atoms with van der Waals surface area (Å²) in [6.45, 7) is 2.00. The molecule has 19 heavy (non-hydrogen) atoms. The molecule has 0 bridgehead atoms. The van der Waals surface area contributed by atoms with Gasteiger partial charge in [0.05, 0.1) is 10.6 Å². The fourth-order valence-corrected chi connectivity index (χ4v) is 1.57. The molecule has 2 N–H and O–H groups in total. The summed E-state index contributed by atoms with van der Waals surface area (Å²) >= 11 is 0. The highest BCUT2D eigenvalue weighted by Crippen LogP contribution is 2.26. The van der Waals surface area contributed by atoms with Gasteiger partial charge in [-0.15, -0.1) is 0 Å². The second kappa shape index (κ2) is 5.30. The van der Waals surface area contributed by atoms with Crippen LogP contribution >= 0.6 is 0 Å². The van der Waals surface area contributed by atoms with Gasteiger partial charge in [0.2, 0.25) is 0 Å². The number of rotatable bonds is 3.